The molecule has 3 rings (SSSR count). The van der Waals surface area contributed by atoms with Crippen molar-refractivity contribution >= 4 is 5.97 Å². The predicted molar refractivity (Wildman–Crippen MR) is 97.2 cm³/mol. The van der Waals surface area contributed by atoms with Crippen molar-refractivity contribution < 1.29 is 24.1 Å². The number of methoxy groups -OCH3 is 2. The van der Waals surface area contributed by atoms with E-state index in [1.807, 2.05) is 18.2 Å². The van der Waals surface area contributed by atoms with E-state index in [1.165, 1.54) is 0 Å². The maximum absolute atomic E-state index is 11.2. The Morgan fingerprint density at radius 2 is 1.92 bits per heavy atom. The van der Waals surface area contributed by atoms with Gasteiger partial charge in [-0.2, -0.15) is 0 Å². The highest BCUT2D eigenvalue weighted by atomic mass is 16.5. The molecule has 2 fully saturated rings. The van der Waals surface area contributed by atoms with Gasteiger partial charge in [-0.25, -0.2) is 0 Å². The van der Waals surface area contributed by atoms with Crippen molar-refractivity contribution in [1.29, 1.82) is 0 Å². The molecule has 0 unspecified atom stereocenters. The standard InChI is InChI=1S/C19H28N2O5/c1-24-15-4-3-5-16(25-2)17(15)26-11-10-21-8-6-19(7-9-21)12-14(18(22)23)20-13-19/h3-5,14,20H,6-13H2,1-2H3,(H,22,23)/t14-/m1/s1. The smallest absolute Gasteiger partial charge is 0.320 e. The number of ether oxygens (including phenoxy) is 3. The van der Waals surface area contributed by atoms with E-state index in [0.717, 1.165) is 45.4 Å². The topological polar surface area (TPSA) is 80.3 Å². The van der Waals surface area contributed by atoms with E-state index in [4.69, 9.17) is 14.2 Å². The molecule has 1 aromatic carbocycles. The van der Waals surface area contributed by atoms with Gasteiger partial charge in [-0.3, -0.25) is 9.69 Å². The van der Waals surface area contributed by atoms with Gasteiger partial charge in [0.1, 0.15) is 12.6 Å². The number of hydrogen-bond donors (Lipinski definition) is 2. The van der Waals surface area contributed by atoms with Crippen LogP contribution in [0.2, 0.25) is 0 Å². The first-order chi connectivity index (χ1) is 12.6. The molecule has 1 aromatic rings. The maximum Gasteiger partial charge on any atom is 0.320 e. The molecule has 7 nitrogen and oxygen atoms in total. The molecule has 1 atom stereocenters. The second kappa shape index (κ2) is 8.14. The van der Waals surface area contributed by atoms with Crippen LogP contribution < -0.4 is 19.5 Å². The third-order valence-corrected chi connectivity index (χ3v) is 5.61. The lowest BCUT2D eigenvalue weighted by molar-refractivity contribution is -0.139. The summed E-state index contributed by atoms with van der Waals surface area (Å²) in [4.78, 5) is 13.5. The van der Waals surface area contributed by atoms with E-state index >= 15 is 0 Å². The number of benzene rings is 1. The number of carbonyl (C=O) groups is 1. The summed E-state index contributed by atoms with van der Waals surface area (Å²) in [6, 6.07) is 5.19. The van der Waals surface area contributed by atoms with Crippen LogP contribution in [-0.2, 0) is 4.79 Å². The van der Waals surface area contributed by atoms with E-state index in [1.54, 1.807) is 14.2 Å². The minimum atomic E-state index is -0.733. The van der Waals surface area contributed by atoms with Crippen LogP contribution in [0, 0.1) is 5.41 Å². The molecule has 0 aromatic heterocycles. The van der Waals surface area contributed by atoms with Crippen molar-refractivity contribution in [3.05, 3.63) is 18.2 Å². The first-order valence-corrected chi connectivity index (χ1v) is 9.09. The number of nitrogens with one attached hydrogen (secondary N) is 1. The summed E-state index contributed by atoms with van der Waals surface area (Å²) in [5.41, 5.74) is 0.145. The molecule has 26 heavy (non-hydrogen) atoms. The van der Waals surface area contributed by atoms with Gasteiger partial charge < -0.3 is 24.6 Å². The number of nitrogens with zero attached hydrogens (tertiary/aromatic N) is 1. The third-order valence-electron chi connectivity index (χ3n) is 5.61. The van der Waals surface area contributed by atoms with Crippen molar-refractivity contribution in [2.24, 2.45) is 5.41 Å². The van der Waals surface area contributed by atoms with Crippen molar-refractivity contribution in [3.63, 3.8) is 0 Å². The Bertz CT molecular complexity index is 606. The molecule has 2 aliphatic rings. The lowest BCUT2D eigenvalue weighted by atomic mass is 9.76. The first kappa shape index (κ1) is 18.8. The summed E-state index contributed by atoms with van der Waals surface area (Å²) in [6.07, 6.45) is 2.80. The second-order valence-electron chi connectivity index (χ2n) is 7.16. The molecule has 0 bridgehead atoms. The fraction of sp³-hybridized carbons (Fsp3) is 0.632. The minimum absolute atomic E-state index is 0.145. The molecule has 144 valence electrons. The molecule has 7 heteroatoms. The summed E-state index contributed by atoms with van der Waals surface area (Å²) >= 11 is 0. The Hall–Kier alpha value is -1.99. The lowest BCUT2D eigenvalue weighted by Crippen LogP contribution is -2.42. The number of likely N-dealkylation sites (tertiary alicyclic amines) is 1. The minimum Gasteiger partial charge on any atom is -0.493 e. The zero-order valence-electron chi connectivity index (χ0n) is 15.5. The van der Waals surface area contributed by atoms with E-state index in [9.17, 15) is 9.90 Å². The molecule has 2 saturated heterocycles. The highest BCUT2D eigenvalue weighted by molar-refractivity contribution is 5.74. The Morgan fingerprint density at radius 1 is 1.27 bits per heavy atom. The van der Waals surface area contributed by atoms with Gasteiger partial charge in [-0.05, 0) is 49.9 Å². The van der Waals surface area contributed by atoms with Crippen molar-refractivity contribution in [2.45, 2.75) is 25.3 Å². The molecule has 0 saturated carbocycles. The average Bonchev–Trinajstić information content (AvgIpc) is 3.07. The van der Waals surface area contributed by atoms with Crippen LogP contribution in [-0.4, -0.2) is 69.0 Å². The van der Waals surface area contributed by atoms with Gasteiger partial charge in [0.2, 0.25) is 5.75 Å². The van der Waals surface area contributed by atoms with Crippen LogP contribution in [0.5, 0.6) is 17.2 Å². The molecular weight excluding hydrogens is 336 g/mol. The fourth-order valence-electron chi connectivity index (χ4n) is 3.96. The number of carboxylic acids is 1. The van der Waals surface area contributed by atoms with Gasteiger partial charge >= 0.3 is 5.97 Å². The van der Waals surface area contributed by atoms with Crippen molar-refractivity contribution in [2.75, 3.05) is 47.0 Å². The molecule has 2 aliphatic heterocycles. The lowest BCUT2D eigenvalue weighted by Gasteiger charge is -2.38. The van der Waals surface area contributed by atoms with Gasteiger partial charge in [-0.15, -0.1) is 0 Å². The quantitative estimate of drug-likeness (QED) is 0.761. The van der Waals surface area contributed by atoms with Gasteiger partial charge in [-0.1, -0.05) is 6.07 Å². The second-order valence-corrected chi connectivity index (χ2v) is 7.16. The number of carboxylic acid groups (broad SMARTS) is 1. The van der Waals surface area contributed by atoms with Crippen molar-refractivity contribution in [3.8, 4) is 17.2 Å². The van der Waals surface area contributed by atoms with Crippen LogP contribution in [0.15, 0.2) is 18.2 Å². The normalized spacial score (nSPS) is 22.3. The van der Waals surface area contributed by atoms with Crippen LogP contribution in [0.1, 0.15) is 19.3 Å². The average molecular weight is 364 g/mol. The van der Waals surface area contributed by atoms with E-state index in [2.05, 4.69) is 10.2 Å². The van der Waals surface area contributed by atoms with Gasteiger partial charge in [0.05, 0.1) is 14.2 Å². The molecular formula is C19H28N2O5. The van der Waals surface area contributed by atoms with E-state index < -0.39 is 5.97 Å². The summed E-state index contributed by atoms with van der Waals surface area (Å²) in [5.74, 6) is 1.23. The zero-order valence-corrected chi connectivity index (χ0v) is 15.5. The Kier molecular flexibility index (Phi) is 5.88. The monoisotopic (exact) mass is 364 g/mol. The molecule has 2 N–H and O–H groups in total. The first-order valence-electron chi connectivity index (χ1n) is 9.09. The van der Waals surface area contributed by atoms with Crippen LogP contribution in [0.3, 0.4) is 0 Å². The van der Waals surface area contributed by atoms with Gasteiger partial charge in [0.25, 0.3) is 0 Å². The predicted octanol–water partition coefficient (Wildman–Crippen LogP) is 1.61. The summed E-state index contributed by atoms with van der Waals surface area (Å²) in [5, 5.41) is 12.3. The van der Waals surface area contributed by atoms with E-state index in [-0.39, 0.29) is 11.5 Å². The molecule has 0 aliphatic carbocycles. The summed E-state index contributed by atoms with van der Waals surface area (Å²) in [6.45, 7) is 4.14. The van der Waals surface area contributed by atoms with Gasteiger partial charge in [0.15, 0.2) is 11.5 Å². The summed E-state index contributed by atoms with van der Waals surface area (Å²) < 4.78 is 16.6. The molecule has 0 radical (unpaired) electrons. The highest BCUT2D eigenvalue weighted by Crippen LogP contribution is 2.39. The largest absolute Gasteiger partial charge is 0.493 e. The van der Waals surface area contributed by atoms with Crippen molar-refractivity contribution in [1.82, 2.24) is 10.2 Å². The highest BCUT2D eigenvalue weighted by Gasteiger charge is 2.43. The number of rotatable bonds is 7. The van der Waals surface area contributed by atoms with Crippen LogP contribution in [0.25, 0.3) is 0 Å². The Labute approximate surface area is 154 Å². The SMILES string of the molecule is COc1cccc(OC)c1OCCN1CCC2(CC1)CN[C@@H](C(=O)O)C2. The maximum atomic E-state index is 11.2. The number of hydrogen-bond acceptors (Lipinski definition) is 6. The van der Waals surface area contributed by atoms with Crippen LogP contribution in [0.4, 0.5) is 0 Å². The molecule has 0 amide bonds. The number of piperidine rings is 1. The van der Waals surface area contributed by atoms with Gasteiger partial charge in [0, 0.05) is 13.1 Å². The number of para-hydroxylation sites is 1. The third kappa shape index (κ3) is 4.04. The molecule has 1 spiro atoms. The summed E-state index contributed by atoms with van der Waals surface area (Å²) in [7, 11) is 3.23. The Morgan fingerprint density at radius 3 is 2.46 bits per heavy atom. The van der Waals surface area contributed by atoms with Crippen LogP contribution >= 0.6 is 0 Å². The number of aliphatic carboxylic acids is 1. The molecule has 2 heterocycles. The fourth-order valence-corrected chi connectivity index (χ4v) is 3.96. The zero-order chi connectivity index (χ0) is 18.6. The van der Waals surface area contributed by atoms with E-state index in [0.29, 0.717) is 23.9 Å². The Balaban J connectivity index is 1.47.